The predicted molar refractivity (Wildman–Crippen MR) is 98.0 cm³/mol. The Morgan fingerprint density at radius 3 is 2.77 bits per heavy atom. The molecule has 0 radical (unpaired) electrons. The molecule has 1 fully saturated rings. The lowest BCUT2D eigenvalue weighted by molar-refractivity contribution is -0.137. The van der Waals surface area contributed by atoms with Crippen LogP contribution in [0.25, 0.3) is 0 Å². The van der Waals surface area contributed by atoms with Crippen LogP contribution in [0.5, 0.6) is 5.88 Å². The molecule has 0 spiro atoms. The van der Waals surface area contributed by atoms with E-state index in [4.69, 9.17) is 4.74 Å². The molecule has 4 rings (SSSR count). The van der Waals surface area contributed by atoms with Crippen molar-refractivity contribution in [1.29, 1.82) is 0 Å². The van der Waals surface area contributed by atoms with Crippen LogP contribution < -0.4 is 4.74 Å². The molecule has 1 amide bonds. The zero-order chi connectivity index (χ0) is 18.1. The standard InChI is InChI=1S/C20H26N4O2/c1-13-4-3-5-19(21-13)26-16-8-10-24(11-9-16)20(25)15-6-7-17-18(12-15)23-14(2)22-17/h3-5,15-16H,6-12H2,1-2H3,(H,22,23)/t15-/m1/s1. The van der Waals surface area contributed by atoms with Crippen molar-refractivity contribution in [2.24, 2.45) is 5.92 Å². The summed E-state index contributed by atoms with van der Waals surface area (Å²) in [6.45, 7) is 5.47. The normalized spacial score (nSPS) is 20.7. The molecule has 2 aromatic rings. The van der Waals surface area contributed by atoms with Crippen molar-refractivity contribution in [3.8, 4) is 5.88 Å². The van der Waals surface area contributed by atoms with E-state index in [9.17, 15) is 4.79 Å². The number of piperidine rings is 1. The summed E-state index contributed by atoms with van der Waals surface area (Å²) in [7, 11) is 0. The minimum absolute atomic E-state index is 0.0817. The number of aryl methyl sites for hydroxylation is 3. The van der Waals surface area contributed by atoms with E-state index in [0.717, 1.165) is 68.1 Å². The van der Waals surface area contributed by atoms with E-state index in [0.29, 0.717) is 5.88 Å². The van der Waals surface area contributed by atoms with E-state index in [-0.39, 0.29) is 17.9 Å². The van der Waals surface area contributed by atoms with Gasteiger partial charge >= 0.3 is 0 Å². The summed E-state index contributed by atoms with van der Waals surface area (Å²) >= 11 is 0. The molecule has 1 atom stereocenters. The Labute approximate surface area is 154 Å². The Balaban J connectivity index is 1.31. The summed E-state index contributed by atoms with van der Waals surface area (Å²) in [4.78, 5) is 27.2. The number of hydrogen-bond donors (Lipinski definition) is 1. The first kappa shape index (κ1) is 17.1. The molecule has 3 heterocycles. The maximum Gasteiger partial charge on any atom is 0.226 e. The number of carbonyl (C=O) groups excluding carboxylic acids is 1. The predicted octanol–water partition coefficient (Wildman–Crippen LogP) is 2.60. The van der Waals surface area contributed by atoms with Crippen LogP contribution in [0.4, 0.5) is 0 Å². The fraction of sp³-hybridized carbons (Fsp3) is 0.550. The Bertz CT molecular complexity index is 793. The van der Waals surface area contributed by atoms with E-state index in [1.54, 1.807) is 0 Å². The molecule has 1 N–H and O–H groups in total. The van der Waals surface area contributed by atoms with Crippen LogP contribution in [0.3, 0.4) is 0 Å². The molecular formula is C20H26N4O2. The molecule has 2 aliphatic rings. The molecule has 26 heavy (non-hydrogen) atoms. The third-order valence-corrected chi connectivity index (χ3v) is 5.42. The van der Waals surface area contributed by atoms with Crippen LogP contribution in [-0.4, -0.2) is 45.0 Å². The van der Waals surface area contributed by atoms with Gasteiger partial charge in [-0.3, -0.25) is 4.79 Å². The third-order valence-electron chi connectivity index (χ3n) is 5.42. The number of ether oxygens (including phenoxy) is 1. The Morgan fingerprint density at radius 1 is 1.19 bits per heavy atom. The number of carbonyl (C=O) groups is 1. The molecule has 2 aromatic heterocycles. The number of hydrogen-bond acceptors (Lipinski definition) is 4. The first-order valence-corrected chi connectivity index (χ1v) is 9.52. The summed E-state index contributed by atoms with van der Waals surface area (Å²) in [5, 5.41) is 0. The first-order valence-electron chi connectivity index (χ1n) is 9.52. The molecule has 0 unspecified atom stereocenters. The SMILES string of the molecule is Cc1cccc(OC2CCN(C(=O)[C@@H]3CCc4nc(C)[nH]c4C3)CC2)n1. The van der Waals surface area contributed by atoms with Gasteiger partial charge in [-0.15, -0.1) is 0 Å². The number of amides is 1. The second-order valence-corrected chi connectivity index (χ2v) is 7.45. The van der Waals surface area contributed by atoms with Gasteiger partial charge in [-0.1, -0.05) is 6.07 Å². The van der Waals surface area contributed by atoms with Crippen molar-refractivity contribution < 1.29 is 9.53 Å². The average molecular weight is 354 g/mol. The van der Waals surface area contributed by atoms with Gasteiger partial charge in [0.25, 0.3) is 0 Å². The van der Waals surface area contributed by atoms with E-state index in [2.05, 4.69) is 15.0 Å². The number of fused-ring (bicyclic) bond motifs is 1. The van der Waals surface area contributed by atoms with E-state index in [1.807, 2.05) is 36.9 Å². The highest BCUT2D eigenvalue weighted by atomic mass is 16.5. The van der Waals surface area contributed by atoms with Gasteiger partial charge in [-0.25, -0.2) is 9.97 Å². The van der Waals surface area contributed by atoms with Crippen LogP contribution in [-0.2, 0) is 17.6 Å². The molecule has 1 aliphatic carbocycles. The Morgan fingerprint density at radius 2 is 2.00 bits per heavy atom. The number of nitrogens with one attached hydrogen (secondary N) is 1. The summed E-state index contributed by atoms with van der Waals surface area (Å²) in [5.74, 6) is 2.00. The van der Waals surface area contributed by atoms with Crippen LogP contribution in [0.2, 0.25) is 0 Å². The fourth-order valence-electron chi connectivity index (χ4n) is 4.04. The van der Waals surface area contributed by atoms with Gasteiger partial charge in [0.15, 0.2) is 0 Å². The minimum Gasteiger partial charge on any atom is -0.474 e. The largest absolute Gasteiger partial charge is 0.474 e. The van der Waals surface area contributed by atoms with Crippen LogP contribution in [0.15, 0.2) is 18.2 Å². The summed E-state index contributed by atoms with van der Waals surface area (Å²) in [6, 6.07) is 5.83. The molecule has 0 saturated carbocycles. The Kier molecular flexibility index (Phi) is 4.66. The molecule has 0 aromatic carbocycles. The summed E-state index contributed by atoms with van der Waals surface area (Å²) in [5.41, 5.74) is 3.25. The molecule has 1 aliphatic heterocycles. The smallest absolute Gasteiger partial charge is 0.226 e. The summed E-state index contributed by atoms with van der Waals surface area (Å²) < 4.78 is 6.00. The van der Waals surface area contributed by atoms with Crippen LogP contribution >= 0.6 is 0 Å². The van der Waals surface area contributed by atoms with Crippen molar-refractivity contribution in [1.82, 2.24) is 19.9 Å². The maximum atomic E-state index is 12.9. The zero-order valence-electron chi connectivity index (χ0n) is 15.5. The molecule has 6 nitrogen and oxygen atoms in total. The first-order chi connectivity index (χ1) is 12.6. The van der Waals surface area contributed by atoms with Gasteiger partial charge in [-0.2, -0.15) is 0 Å². The van der Waals surface area contributed by atoms with Gasteiger partial charge in [-0.05, 0) is 32.8 Å². The quantitative estimate of drug-likeness (QED) is 0.920. The second-order valence-electron chi connectivity index (χ2n) is 7.45. The summed E-state index contributed by atoms with van der Waals surface area (Å²) in [6.07, 6.45) is 4.46. The highest BCUT2D eigenvalue weighted by molar-refractivity contribution is 5.79. The fourth-order valence-corrected chi connectivity index (χ4v) is 4.04. The van der Waals surface area contributed by atoms with Crippen LogP contribution in [0.1, 0.15) is 42.2 Å². The molecule has 138 valence electrons. The highest BCUT2D eigenvalue weighted by Crippen LogP contribution is 2.27. The zero-order valence-corrected chi connectivity index (χ0v) is 15.5. The number of pyridine rings is 1. The third kappa shape index (κ3) is 3.59. The average Bonchev–Trinajstić information content (AvgIpc) is 3.01. The topological polar surface area (TPSA) is 71.1 Å². The van der Waals surface area contributed by atoms with Gasteiger partial charge in [0, 0.05) is 55.7 Å². The molecule has 0 bridgehead atoms. The number of H-pyrrole nitrogens is 1. The van der Waals surface area contributed by atoms with Crippen molar-refractivity contribution >= 4 is 5.91 Å². The van der Waals surface area contributed by atoms with Crippen molar-refractivity contribution in [2.75, 3.05) is 13.1 Å². The minimum atomic E-state index is 0.0817. The van der Waals surface area contributed by atoms with E-state index in [1.165, 1.54) is 0 Å². The van der Waals surface area contributed by atoms with Crippen LogP contribution in [0, 0.1) is 19.8 Å². The van der Waals surface area contributed by atoms with Gasteiger partial charge in [0.1, 0.15) is 11.9 Å². The number of nitrogens with zero attached hydrogens (tertiary/aromatic N) is 3. The molecule has 6 heteroatoms. The van der Waals surface area contributed by atoms with Gasteiger partial charge in [0.05, 0.1) is 5.69 Å². The number of aromatic nitrogens is 3. The molecular weight excluding hydrogens is 328 g/mol. The Hall–Kier alpha value is -2.37. The number of rotatable bonds is 3. The maximum absolute atomic E-state index is 12.9. The second kappa shape index (κ2) is 7.09. The van der Waals surface area contributed by atoms with E-state index >= 15 is 0 Å². The lowest BCUT2D eigenvalue weighted by Crippen LogP contribution is -2.45. The monoisotopic (exact) mass is 354 g/mol. The van der Waals surface area contributed by atoms with Crippen molar-refractivity contribution in [3.63, 3.8) is 0 Å². The lowest BCUT2D eigenvalue weighted by atomic mass is 9.88. The number of aromatic amines is 1. The highest BCUT2D eigenvalue weighted by Gasteiger charge is 2.32. The van der Waals surface area contributed by atoms with Crippen molar-refractivity contribution in [3.05, 3.63) is 41.1 Å². The number of imidazole rings is 1. The lowest BCUT2D eigenvalue weighted by Gasteiger charge is -2.35. The van der Waals surface area contributed by atoms with Gasteiger partial charge < -0.3 is 14.6 Å². The van der Waals surface area contributed by atoms with Crippen molar-refractivity contribution in [2.45, 2.75) is 52.1 Å². The van der Waals surface area contributed by atoms with E-state index < -0.39 is 0 Å². The number of likely N-dealkylation sites (tertiary alicyclic amines) is 1. The van der Waals surface area contributed by atoms with Gasteiger partial charge in [0.2, 0.25) is 11.8 Å². The molecule has 1 saturated heterocycles.